The fourth-order valence-corrected chi connectivity index (χ4v) is 3.74. The molecule has 1 saturated heterocycles. The number of benzene rings is 2. The van der Waals surface area contributed by atoms with Gasteiger partial charge in [-0.2, -0.15) is 0 Å². The maximum atomic E-state index is 12.6. The molecule has 0 bridgehead atoms. The molecule has 2 aromatic carbocycles. The lowest BCUT2D eigenvalue weighted by Gasteiger charge is -2.26. The van der Waals surface area contributed by atoms with Crippen molar-refractivity contribution in [2.24, 2.45) is 5.41 Å². The molecule has 3 nitrogen and oxygen atoms in total. The Hall–Kier alpha value is -2.13. The Morgan fingerprint density at radius 3 is 2.62 bits per heavy atom. The van der Waals surface area contributed by atoms with Crippen LogP contribution >= 0.6 is 0 Å². The van der Waals surface area contributed by atoms with Gasteiger partial charge in [0.2, 0.25) is 5.91 Å². The van der Waals surface area contributed by atoms with Gasteiger partial charge in [-0.1, -0.05) is 54.6 Å². The predicted molar refractivity (Wildman–Crippen MR) is 109 cm³/mol. The lowest BCUT2D eigenvalue weighted by atomic mass is 9.91. The maximum Gasteiger partial charge on any atom is 0.232 e. The normalized spacial score (nSPS) is 16.5. The first-order valence-corrected chi connectivity index (χ1v) is 9.67. The molecule has 0 aromatic heterocycles. The summed E-state index contributed by atoms with van der Waals surface area (Å²) in [5.74, 6) is 0.244. The minimum absolute atomic E-state index is 0.244. The van der Waals surface area contributed by atoms with Crippen LogP contribution in [0.4, 0.5) is 0 Å². The summed E-state index contributed by atoms with van der Waals surface area (Å²) >= 11 is 0. The lowest BCUT2D eigenvalue weighted by Crippen LogP contribution is -2.38. The van der Waals surface area contributed by atoms with Crippen molar-refractivity contribution < 1.29 is 4.79 Å². The molecule has 0 spiro atoms. The molecule has 1 aliphatic rings. The second-order valence-corrected chi connectivity index (χ2v) is 7.82. The van der Waals surface area contributed by atoms with Gasteiger partial charge in [0.25, 0.3) is 0 Å². The Balaban J connectivity index is 1.59. The quantitative estimate of drug-likeness (QED) is 0.766. The molecular weight excluding hydrogens is 320 g/mol. The standard InChI is InChI=1S/C23H30N2O/c1-18(20-13-8-11-19-10-4-5-12-21(19)20)24-15-9-14-23(2,3)22(26)25-16-6-7-17-25/h4-5,8-14,18,24H,6-7,15-17H2,1-3H3/b14-9+/t18-/m1/s1. The van der Waals surface area contributed by atoms with Gasteiger partial charge in [-0.05, 0) is 49.9 Å². The molecule has 1 aliphatic heterocycles. The van der Waals surface area contributed by atoms with Gasteiger partial charge in [-0.3, -0.25) is 4.79 Å². The molecule has 3 heteroatoms. The number of carbonyl (C=O) groups excluding carboxylic acids is 1. The Morgan fingerprint density at radius 1 is 1.15 bits per heavy atom. The maximum absolute atomic E-state index is 12.6. The summed E-state index contributed by atoms with van der Waals surface area (Å²) in [5.41, 5.74) is 0.873. The summed E-state index contributed by atoms with van der Waals surface area (Å²) in [5, 5.41) is 6.13. The molecule has 1 fully saturated rings. The van der Waals surface area contributed by atoms with Crippen LogP contribution in [0.1, 0.15) is 45.2 Å². The monoisotopic (exact) mass is 350 g/mol. The first-order chi connectivity index (χ1) is 12.5. The fourth-order valence-electron chi connectivity index (χ4n) is 3.74. The molecule has 26 heavy (non-hydrogen) atoms. The van der Waals surface area contributed by atoms with E-state index in [4.69, 9.17) is 0 Å². The second kappa shape index (κ2) is 8.05. The van der Waals surface area contributed by atoms with E-state index in [1.54, 1.807) is 0 Å². The smallest absolute Gasteiger partial charge is 0.232 e. The van der Waals surface area contributed by atoms with Crippen LogP contribution in [0.3, 0.4) is 0 Å². The van der Waals surface area contributed by atoms with Gasteiger partial charge in [0.05, 0.1) is 5.41 Å². The van der Waals surface area contributed by atoms with Gasteiger partial charge < -0.3 is 10.2 Å². The van der Waals surface area contributed by atoms with Crippen LogP contribution < -0.4 is 5.32 Å². The van der Waals surface area contributed by atoms with Crippen molar-refractivity contribution in [1.82, 2.24) is 10.2 Å². The number of carbonyl (C=O) groups is 1. The molecule has 3 rings (SSSR count). The zero-order valence-electron chi connectivity index (χ0n) is 16.2. The summed E-state index contributed by atoms with van der Waals surface area (Å²) in [6.07, 6.45) is 6.41. The molecule has 138 valence electrons. The Labute approximate surface area is 157 Å². The molecule has 0 radical (unpaired) electrons. The summed E-state index contributed by atoms with van der Waals surface area (Å²) in [6, 6.07) is 15.2. The first-order valence-electron chi connectivity index (χ1n) is 9.67. The van der Waals surface area contributed by atoms with E-state index in [-0.39, 0.29) is 11.9 Å². The van der Waals surface area contributed by atoms with Gasteiger partial charge in [-0.25, -0.2) is 0 Å². The minimum atomic E-state index is -0.436. The molecular formula is C23H30N2O. The van der Waals surface area contributed by atoms with E-state index in [0.717, 1.165) is 32.5 Å². The zero-order chi connectivity index (χ0) is 18.6. The van der Waals surface area contributed by atoms with Crippen LogP contribution in [0.25, 0.3) is 10.8 Å². The van der Waals surface area contributed by atoms with Crippen LogP contribution in [0.2, 0.25) is 0 Å². The van der Waals surface area contributed by atoms with Gasteiger partial charge in [0, 0.05) is 25.7 Å². The topological polar surface area (TPSA) is 32.3 Å². The molecule has 2 aromatic rings. The third-order valence-corrected chi connectivity index (χ3v) is 5.31. The summed E-state index contributed by atoms with van der Waals surface area (Å²) in [4.78, 5) is 14.6. The molecule has 1 atom stereocenters. The highest BCUT2D eigenvalue weighted by Gasteiger charge is 2.30. The van der Waals surface area contributed by atoms with Gasteiger partial charge in [0.1, 0.15) is 0 Å². The van der Waals surface area contributed by atoms with Crippen LogP contribution in [0.15, 0.2) is 54.6 Å². The van der Waals surface area contributed by atoms with E-state index in [0.29, 0.717) is 0 Å². The molecule has 1 N–H and O–H groups in total. The highest BCUT2D eigenvalue weighted by molar-refractivity contribution is 5.86. The number of hydrogen-bond acceptors (Lipinski definition) is 2. The van der Waals surface area contributed by atoms with Crippen molar-refractivity contribution in [3.8, 4) is 0 Å². The fraction of sp³-hybridized carbons (Fsp3) is 0.435. The Kier molecular flexibility index (Phi) is 5.77. The van der Waals surface area contributed by atoms with E-state index in [1.165, 1.54) is 16.3 Å². The van der Waals surface area contributed by atoms with E-state index in [2.05, 4.69) is 66.9 Å². The van der Waals surface area contributed by atoms with Crippen molar-refractivity contribution >= 4 is 16.7 Å². The van der Waals surface area contributed by atoms with Crippen molar-refractivity contribution in [3.05, 3.63) is 60.2 Å². The second-order valence-electron chi connectivity index (χ2n) is 7.82. The number of rotatable bonds is 6. The van der Waals surface area contributed by atoms with E-state index in [1.807, 2.05) is 18.7 Å². The van der Waals surface area contributed by atoms with Crippen molar-refractivity contribution in [2.75, 3.05) is 19.6 Å². The van der Waals surface area contributed by atoms with Gasteiger partial charge in [-0.15, -0.1) is 0 Å². The molecule has 0 saturated carbocycles. The van der Waals surface area contributed by atoms with Crippen molar-refractivity contribution in [3.63, 3.8) is 0 Å². The number of fused-ring (bicyclic) bond motifs is 1. The predicted octanol–water partition coefficient (Wildman–Crippen LogP) is 4.70. The van der Waals surface area contributed by atoms with Crippen LogP contribution in [-0.4, -0.2) is 30.4 Å². The average Bonchev–Trinajstić information content (AvgIpc) is 3.18. The Morgan fingerprint density at radius 2 is 1.85 bits per heavy atom. The number of nitrogens with one attached hydrogen (secondary N) is 1. The van der Waals surface area contributed by atoms with E-state index >= 15 is 0 Å². The molecule has 0 aliphatic carbocycles. The molecule has 1 heterocycles. The highest BCUT2D eigenvalue weighted by atomic mass is 16.2. The summed E-state index contributed by atoms with van der Waals surface area (Å²) in [6.45, 7) is 8.78. The number of hydrogen-bond donors (Lipinski definition) is 1. The highest BCUT2D eigenvalue weighted by Crippen LogP contribution is 2.25. The summed E-state index contributed by atoms with van der Waals surface area (Å²) in [7, 11) is 0. The number of nitrogens with zero attached hydrogens (tertiary/aromatic N) is 1. The Bertz CT molecular complexity index is 782. The third kappa shape index (κ3) is 4.16. The SMILES string of the molecule is C[C@@H](NC/C=C/C(C)(C)C(=O)N1CCCC1)c1cccc2ccccc12. The third-order valence-electron chi connectivity index (χ3n) is 5.31. The lowest BCUT2D eigenvalue weighted by molar-refractivity contribution is -0.136. The van der Waals surface area contributed by atoms with Crippen LogP contribution in [0.5, 0.6) is 0 Å². The van der Waals surface area contributed by atoms with E-state index in [9.17, 15) is 4.79 Å². The number of amides is 1. The van der Waals surface area contributed by atoms with Crippen LogP contribution in [0, 0.1) is 5.41 Å². The largest absolute Gasteiger partial charge is 0.342 e. The number of likely N-dealkylation sites (tertiary alicyclic amines) is 1. The minimum Gasteiger partial charge on any atom is -0.342 e. The first kappa shape index (κ1) is 18.7. The van der Waals surface area contributed by atoms with E-state index < -0.39 is 5.41 Å². The average molecular weight is 351 g/mol. The van der Waals surface area contributed by atoms with Crippen molar-refractivity contribution in [1.29, 1.82) is 0 Å². The zero-order valence-corrected chi connectivity index (χ0v) is 16.2. The van der Waals surface area contributed by atoms with Crippen molar-refractivity contribution in [2.45, 2.75) is 39.7 Å². The molecule has 0 unspecified atom stereocenters. The van der Waals surface area contributed by atoms with Gasteiger partial charge in [0.15, 0.2) is 0 Å². The molecule has 1 amide bonds. The van der Waals surface area contributed by atoms with Gasteiger partial charge >= 0.3 is 0 Å². The van der Waals surface area contributed by atoms with Crippen LogP contribution in [-0.2, 0) is 4.79 Å². The summed E-state index contributed by atoms with van der Waals surface area (Å²) < 4.78 is 0.